The lowest BCUT2D eigenvalue weighted by atomic mass is 9.81. The molecule has 0 bridgehead atoms. The lowest BCUT2D eigenvalue weighted by Crippen LogP contribution is -2.48. The van der Waals surface area contributed by atoms with Crippen LogP contribution in [0, 0.1) is 26.7 Å². The van der Waals surface area contributed by atoms with Gasteiger partial charge in [-0.3, -0.25) is 14.4 Å². The largest absolute Gasteiger partial charge is 0.489 e. The van der Waals surface area contributed by atoms with E-state index in [1.807, 2.05) is 38.1 Å². The van der Waals surface area contributed by atoms with E-state index in [2.05, 4.69) is 13.8 Å². The third-order valence-corrected chi connectivity index (χ3v) is 7.01. The van der Waals surface area contributed by atoms with Crippen molar-refractivity contribution in [1.82, 2.24) is 0 Å². The van der Waals surface area contributed by atoms with E-state index >= 15 is 0 Å². The topological polar surface area (TPSA) is 88.1 Å². The van der Waals surface area contributed by atoms with Crippen LogP contribution in [0.4, 0.5) is 0 Å². The average molecular weight is 545 g/mol. The number of carbonyl (C=O) groups excluding carboxylic acids is 3. The van der Waals surface area contributed by atoms with Gasteiger partial charge in [0.05, 0.1) is 18.6 Å². The minimum absolute atomic E-state index is 0.0630. The molecule has 3 rings (SSSR count). The van der Waals surface area contributed by atoms with E-state index in [-0.39, 0.29) is 31.3 Å². The fourth-order valence-electron chi connectivity index (χ4n) is 4.94. The second-order valence-electron chi connectivity index (χ2n) is 10.3. The number of fused-ring (bicyclic) bond motifs is 1. The Morgan fingerprint density at radius 1 is 1.08 bits per heavy atom. The Morgan fingerprint density at radius 2 is 1.74 bits per heavy atom. The molecule has 2 atom stereocenters. The zero-order valence-electron chi connectivity index (χ0n) is 23.2. The third-order valence-electron chi connectivity index (χ3n) is 6.68. The number of ketones is 1. The van der Waals surface area contributed by atoms with E-state index in [9.17, 15) is 14.4 Å². The fourth-order valence-corrected chi connectivity index (χ4v) is 5.18. The zero-order valence-corrected chi connectivity index (χ0v) is 24.0. The first-order chi connectivity index (χ1) is 17.9. The molecule has 0 radical (unpaired) electrons. The second kappa shape index (κ2) is 12.2. The predicted molar refractivity (Wildman–Crippen MR) is 146 cm³/mol. The molecule has 2 aromatic carbocycles. The molecule has 2 unspecified atom stereocenters. The van der Waals surface area contributed by atoms with Gasteiger partial charge < -0.3 is 18.9 Å². The highest BCUT2D eigenvalue weighted by Gasteiger charge is 2.44. The van der Waals surface area contributed by atoms with Crippen molar-refractivity contribution >= 4 is 29.3 Å². The molecule has 0 aromatic heterocycles. The summed E-state index contributed by atoms with van der Waals surface area (Å²) < 4.78 is 23.2. The van der Waals surface area contributed by atoms with E-state index < -0.39 is 22.9 Å². The molecule has 38 heavy (non-hydrogen) atoms. The van der Waals surface area contributed by atoms with Crippen molar-refractivity contribution in [1.29, 1.82) is 0 Å². The highest BCUT2D eigenvalue weighted by atomic mass is 35.5. The summed E-state index contributed by atoms with van der Waals surface area (Å²) in [6.07, 6.45) is 1.11. The molecular weight excluding hydrogens is 508 g/mol. The van der Waals surface area contributed by atoms with Gasteiger partial charge in [0, 0.05) is 12.5 Å². The summed E-state index contributed by atoms with van der Waals surface area (Å²) >= 11 is 6.16. The van der Waals surface area contributed by atoms with Crippen molar-refractivity contribution < 1.29 is 33.3 Å². The Labute approximate surface area is 229 Å². The van der Waals surface area contributed by atoms with Crippen molar-refractivity contribution in [3.05, 3.63) is 52.1 Å². The van der Waals surface area contributed by atoms with Crippen molar-refractivity contribution in [3.63, 3.8) is 0 Å². The van der Waals surface area contributed by atoms with E-state index in [0.717, 1.165) is 16.7 Å². The second-order valence-corrected chi connectivity index (χ2v) is 10.9. The molecule has 0 spiro atoms. The van der Waals surface area contributed by atoms with Crippen LogP contribution < -0.4 is 14.2 Å². The Morgan fingerprint density at radius 3 is 2.32 bits per heavy atom. The quantitative estimate of drug-likeness (QED) is 0.203. The van der Waals surface area contributed by atoms with Gasteiger partial charge in [0.15, 0.2) is 11.4 Å². The molecule has 0 saturated carbocycles. The van der Waals surface area contributed by atoms with Crippen LogP contribution in [0.2, 0.25) is 0 Å². The minimum Gasteiger partial charge on any atom is -0.489 e. The molecule has 0 fully saturated rings. The fraction of sp³-hybridized carbons (Fsp3) is 0.500. The molecule has 8 heteroatoms. The maximum atomic E-state index is 13.5. The van der Waals surface area contributed by atoms with Gasteiger partial charge in [0.1, 0.15) is 29.2 Å². The lowest BCUT2D eigenvalue weighted by molar-refractivity contribution is -0.142. The molecular formula is C30H37ClO7. The Hall–Kier alpha value is -3.06. The highest BCUT2D eigenvalue weighted by Crippen LogP contribution is 2.45. The van der Waals surface area contributed by atoms with Gasteiger partial charge in [0.25, 0.3) is 0 Å². The van der Waals surface area contributed by atoms with E-state index in [1.54, 1.807) is 13.8 Å². The summed E-state index contributed by atoms with van der Waals surface area (Å²) in [4.78, 5) is 37.0. The summed E-state index contributed by atoms with van der Waals surface area (Å²) in [6, 6.07) is 7.34. The normalized spacial score (nSPS) is 17.4. The van der Waals surface area contributed by atoms with Crippen LogP contribution in [0.15, 0.2) is 24.3 Å². The van der Waals surface area contributed by atoms with Crippen molar-refractivity contribution in [3.8, 4) is 17.2 Å². The van der Waals surface area contributed by atoms with Crippen LogP contribution in [0.25, 0.3) is 0 Å². The van der Waals surface area contributed by atoms with Crippen molar-refractivity contribution in [2.45, 2.75) is 78.7 Å². The van der Waals surface area contributed by atoms with Crippen molar-refractivity contribution in [2.24, 2.45) is 5.92 Å². The lowest BCUT2D eigenvalue weighted by Gasteiger charge is -2.40. The van der Waals surface area contributed by atoms with Gasteiger partial charge in [-0.2, -0.15) is 0 Å². The zero-order chi connectivity index (χ0) is 28.2. The van der Waals surface area contributed by atoms with Crippen molar-refractivity contribution in [2.75, 3.05) is 13.2 Å². The summed E-state index contributed by atoms with van der Waals surface area (Å²) in [6.45, 7) is 13.2. The SMILES string of the molecule is CCOC(=O)C(Cl)Cc1ccc(OCC2(CC(C)C)CC(=O)c3c(C)c(OC(C)=O)c(C)c(C)c3O2)cc1. The summed E-state index contributed by atoms with van der Waals surface area (Å²) in [5, 5.41) is -0.755. The molecule has 0 amide bonds. The first-order valence-electron chi connectivity index (χ1n) is 12.9. The number of benzene rings is 2. The average Bonchev–Trinajstić information content (AvgIpc) is 2.84. The van der Waals surface area contributed by atoms with Gasteiger partial charge >= 0.3 is 11.9 Å². The molecule has 0 aliphatic carbocycles. The number of esters is 2. The smallest absolute Gasteiger partial charge is 0.324 e. The molecule has 1 aliphatic rings. The molecule has 2 aromatic rings. The summed E-state index contributed by atoms with van der Waals surface area (Å²) in [5.41, 5.74) is 2.63. The summed E-state index contributed by atoms with van der Waals surface area (Å²) in [5.74, 6) is 0.879. The third kappa shape index (κ3) is 6.68. The number of halogens is 1. The number of ether oxygens (including phenoxy) is 4. The predicted octanol–water partition coefficient (Wildman–Crippen LogP) is 6.08. The number of hydrogen-bond donors (Lipinski definition) is 0. The van der Waals surface area contributed by atoms with Crippen LogP contribution in [-0.4, -0.2) is 41.9 Å². The van der Waals surface area contributed by atoms with Crippen LogP contribution >= 0.6 is 11.6 Å². The Bertz CT molecular complexity index is 1200. The molecule has 0 saturated heterocycles. The van der Waals surface area contributed by atoms with E-state index in [4.69, 9.17) is 30.5 Å². The standard InChI is InChI=1S/C30H37ClO7/c1-8-35-29(34)24(31)13-22-9-11-23(12-10-22)36-16-30(14-17(2)3)15-25(33)26-20(6)27(37-21(7)32)18(4)19(5)28(26)38-30/h9-12,17,24H,8,13-16H2,1-7H3. The Balaban J connectivity index is 1.84. The number of hydrogen-bond acceptors (Lipinski definition) is 7. The molecule has 1 aliphatic heterocycles. The van der Waals surface area contributed by atoms with Crippen LogP contribution in [0.1, 0.15) is 73.1 Å². The first-order valence-corrected chi connectivity index (χ1v) is 13.4. The number of carbonyl (C=O) groups is 3. The molecule has 1 heterocycles. The maximum absolute atomic E-state index is 13.5. The molecule has 0 N–H and O–H groups in total. The number of alkyl halides is 1. The van der Waals surface area contributed by atoms with Gasteiger partial charge in [-0.25, -0.2) is 0 Å². The van der Waals surface area contributed by atoms with Crippen LogP contribution in [0.5, 0.6) is 17.2 Å². The van der Waals surface area contributed by atoms with Gasteiger partial charge in [0.2, 0.25) is 0 Å². The van der Waals surface area contributed by atoms with Gasteiger partial charge in [-0.1, -0.05) is 26.0 Å². The maximum Gasteiger partial charge on any atom is 0.324 e. The van der Waals surface area contributed by atoms with Crippen LogP contribution in [-0.2, 0) is 20.7 Å². The highest BCUT2D eigenvalue weighted by molar-refractivity contribution is 6.30. The Kier molecular flexibility index (Phi) is 9.47. The molecule has 206 valence electrons. The minimum atomic E-state index is -0.853. The monoisotopic (exact) mass is 544 g/mol. The van der Waals surface area contributed by atoms with E-state index in [1.165, 1.54) is 6.92 Å². The summed E-state index contributed by atoms with van der Waals surface area (Å²) in [7, 11) is 0. The van der Waals surface area contributed by atoms with Gasteiger partial charge in [-0.15, -0.1) is 11.6 Å². The number of Topliss-reactive ketones (excluding diaryl/α,β-unsaturated/α-hetero) is 1. The number of rotatable bonds is 10. The van der Waals surface area contributed by atoms with Crippen LogP contribution in [0.3, 0.4) is 0 Å². The van der Waals surface area contributed by atoms with Gasteiger partial charge in [-0.05, 0) is 75.3 Å². The first kappa shape index (κ1) is 29.5. The molecule has 7 nitrogen and oxygen atoms in total. The van der Waals surface area contributed by atoms with E-state index in [0.29, 0.717) is 41.2 Å².